The molecule has 7 heteroatoms. The highest BCUT2D eigenvalue weighted by molar-refractivity contribution is 7.93. The predicted octanol–water partition coefficient (Wildman–Crippen LogP) is 4.08. The lowest BCUT2D eigenvalue weighted by Crippen LogP contribution is -2.58. The number of carbonyl (C=O) groups excluding carboxylic acids is 2. The second-order valence-electron chi connectivity index (χ2n) is 9.99. The van der Waals surface area contributed by atoms with Crippen LogP contribution in [0.15, 0.2) is 53.4 Å². The van der Waals surface area contributed by atoms with Crippen molar-refractivity contribution in [1.82, 2.24) is 9.80 Å². The van der Waals surface area contributed by atoms with Gasteiger partial charge in [-0.15, -0.1) is 0 Å². The molecule has 0 atom stereocenters. The largest absolute Gasteiger partial charge is 0.339 e. The average molecular weight is 497 g/mol. The summed E-state index contributed by atoms with van der Waals surface area (Å²) in [5, 5.41) is 0. The standard InChI is InChI=1S/C28H36N2O4S/c1-22-13-14-23(2)25(21-22)35(33,34)28(15-6-7-16-28)27(32)30-19-17-29(18-20-30)26(31)12-8-11-24-9-4-3-5-10-24/h3-5,9-10,13-14,21H,6-8,11-12,15-20H2,1-2H3. The number of hydrogen-bond acceptors (Lipinski definition) is 4. The molecule has 2 aromatic rings. The highest BCUT2D eigenvalue weighted by atomic mass is 32.2. The van der Waals surface area contributed by atoms with Crippen molar-refractivity contribution in [3.05, 3.63) is 65.2 Å². The number of rotatable bonds is 7. The van der Waals surface area contributed by atoms with Gasteiger partial charge in [0.15, 0.2) is 14.6 Å². The first-order valence-electron chi connectivity index (χ1n) is 12.7. The smallest absolute Gasteiger partial charge is 0.244 e. The topological polar surface area (TPSA) is 74.8 Å². The Bertz CT molecular complexity index is 1160. The molecule has 0 aromatic heterocycles. The highest BCUT2D eigenvalue weighted by Crippen LogP contribution is 2.43. The normalized spacial score (nSPS) is 18.0. The Balaban J connectivity index is 1.41. The maximum Gasteiger partial charge on any atom is 0.244 e. The molecule has 1 saturated carbocycles. The molecule has 1 saturated heterocycles. The lowest BCUT2D eigenvalue weighted by Gasteiger charge is -2.39. The van der Waals surface area contributed by atoms with Crippen LogP contribution in [0.5, 0.6) is 0 Å². The summed E-state index contributed by atoms with van der Waals surface area (Å²) in [6.07, 6.45) is 4.32. The van der Waals surface area contributed by atoms with E-state index < -0.39 is 14.6 Å². The van der Waals surface area contributed by atoms with E-state index in [2.05, 4.69) is 12.1 Å². The van der Waals surface area contributed by atoms with Gasteiger partial charge in [0.1, 0.15) is 0 Å². The molecule has 35 heavy (non-hydrogen) atoms. The third kappa shape index (κ3) is 5.15. The van der Waals surface area contributed by atoms with Crippen molar-refractivity contribution in [2.24, 2.45) is 0 Å². The van der Waals surface area contributed by atoms with Crippen LogP contribution in [0.3, 0.4) is 0 Å². The van der Waals surface area contributed by atoms with Crippen molar-refractivity contribution < 1.29 is 18.0 Å². The summed E-state index contributed by atoms with van der Waals surface area (Å²) < 4.78 is 26.4. The zero-order valence-corrected chi connectivity index (χ0v) is 21.6. The van der Waals surface area contributed by atoms with Crippen molar-refractivity contribution >= 4 is 21.7 Å². The first kappa shape index (κ1) is 25.4. The third-order valence-corrected chi connectivity index (χ3v) is 10.2. The van der Waals surface area contributed by atoms with E-state index in [-0.39, 0.29) is 16.7 Å². The lowest BCUT2D eigenvalue weighted by molar-refractivity contribution is -0.141. The predicted molar refractivity (Wildman–Crippen MR) is 137 cm³/mol. The fraction of sp³-hybridized carbons (Fsp3) is 0.500. The highest BCUT2D eigenvalue weighted by Gasteiger charge is 2.55. The van der Waals surface area contributed by atoms with Gasteiger partial charge in [-0.3, -0.25) is 9.59 Å². The van der Waals surface area contributed by atoms with E-state index in [1.807, 2.05) is 42.2 Å². The van der Waals surface area contributed by atoms with Crippen LogP contribution in [-0.4, -0.2) is 61.0 Å². The number of hydrogen-bond donors (Lipinski definition) is 0. The summed E-state index contributed by atoms with van der Waals surface area (Å²) in [6.45, 7) is 5.34. The van der Waals surface area contributed by atoms with E-state index in [1.54, 1.807) is 17.9 Å². The van der Waals surface area contributed by atoms with Crippen LogP contribution >= 0.6 is 0 Å². The Morgan fingerprint density at radius 3 is 2.17 bits per heavy atom. The number of aryl methyl sites for hydroxylation is 3. The van der Waals surface area contributed by atoms with Crippen molar-refractivity contribution in [2.75, 3.05) is 26.2 Å². The maximum absolute atomic E-state index is 13.9. The van der Waals surface area contributed by atoms with Crippen LogP contribution in [0.25, 0.3) is 0 Å². The minimum atomic E-state index is -3.84. The van der Waals surface area contributed by atoms with Gasteiger partial charge in [-0.25, -0.2) is 8.42 Å². The van der Waals surface area contributed by atoms with E-state index in [1.165, 1.54) is 5.56 Å². The van der Waals surface area contributed by atoms with Gasteiger partial charge in [0.2, 0.25) is 11.8 Å². The molecular formula is C28H36N2O4S. The summed E-state index contributed by atoms with van der Waals surface area (Å²) in [4.78, 5) is 30.3. The summed E-state index contributed by atoms with van der Waals surface area (Å²) in [5.41, 5.74) is 2.78. The van der Waals surface area contributed by atoms with Gasteiger partial charge in [0.05, 0.1) is 4.90 Å². The fourth-order valence-corrected chi connectivity index (χ4v) is 7.88. The van der Waals surface area contributed by atoms with Crippen LogP contribution in [0, 0.1) is 13.8 Å². The van der Waals surface area contributed by atoms with E-state index in [0.717, 1.165) is 31.2 Å². The molecule has 0 spiro atoms. The molecule has 0 radical (unpaired) electrons. The van der Waals surface area contributed by atoms with Crippen LogP contribution in [0.2, 0.25) is 0 Å². The van der Waals surface area contributed by atoms with E-state index in [9.17, 15) is 18.0 Å². The third-order valence-electron chi connectivity index (χ3n) is 7.57. The van der Waals surface area contributed by atoms with Gasteiger partial charge in [0.25, 0.3) is 0 Å². The molecule has 2 aromatic carbocycles. The molecule has 2 aliphatic rings. The molecule has 6 nitrogen and oxygen atoms in total. The molecule has 4 rings (SSSR count). The first-order chi connectivity index (χ1) is 16.7. The Hall–Kier alpha value is -2.67. The van der Waals surface area contributed by atoms with Crippen molar-refractivity contribution in [3.8, 4) is 0 Å². The van der Waals surface area contributed by atoms with Gasteiger partial charge in [-0.1, -0.05) is 55.3 Å². The van der Waals surface area contributed by atoms with E-state index in [4.69, 9.17) is 0 Å². The van der Waals surface area contributed by atoms with Crippen LogP contribution in [0.1, 0.15) is 55.2 Å². The second-order valence-corrected chi connectivity index (χ2v) is 12.2. The Kier molecular flexibility index (Phi) is 7.64. The van der Waals surface area contributed by atoms with Crippen LogP contribution < -0.4 is 0 Å². The molecule has 1 aliphatic heterocycles. The van der Waals surface area contributed by atoms with Gasteiger partial charge in [-0.05, 0) is 62.3 Å². The monoisotopic (exact) mass is 496 g/mol. The summed E-state index contributed by atoms with van der Waals surface area (Å²) in [5.74, 6) is -0.182. The van der Waals surface area contributed by atoms with Gasteiger partial charge in [0, 0.05) is 32.6 Å². The molecule has 1 heterocycles. The Labute approximate surface area is 209 Å². The molecule has 2 fully saturated rings. The molecule has 0 N–H and O–H groups in total. The summed E-state index contributed by atoms with van der Waals surface area (Å²) >= 11 is 0. The molecule has 0 bridgehead atoms. The Morgan fingerprint density at radius 1 is 0.886 bits per heavy atom. The minimum Gasteiger partial charge on any atom is -0.339 e. The van der Waals surface area contributed by atoms with Gasteiger partial charge >= 0.3 is 0 Å². The average Bonchev–Trinajstić information content (AvgIpc) is 3.38. The number of piperazine rings is 1. The van der Waals surface area contributed by atoms with Crippen molar-refractivity contribution in [3.63, 3.8) is 0 Å². The number of nitrogens with zero attached hydrogens (tertiary/aromatic N) is 2. The zero-order valence-electron chi connectivity index (χ0n) is 20.8. The Morgan fingerprint density at radius 2 is 1.51 bits per heavy atom. The lowest BCUT2D eigenvalue weighted by atomic mass is 10.0. The van der Waals surface area contributed by atoms with E-state index >= 15 is 0 Å². The second kappa shape index (κ2) is 10.5. The number of amides is 2. The summed E-state index contributed by atoms with van der Waals surface area (Å²) in [7, 11) is -3.84. The minimum absolute atomic E-state index is 0.103. The molecule has 1 aliphatic carbocycles. The van der Waals surface area contributed by atoms with Crippen LogP contribution in [0.4, 0.5) is 0 Å². The van der Waals surface area contributed by atoms with Gasteiger partial charge < -0.3 is 9.80 Å². The SMILES string of the molecule is Cc1ccc(C)c(S(=O)(=O)C2(C(=O)N3CCN(C(=O)CCCc4ccccc4)CC3)CCCC2)c1. The molecular weight excluding hydrogens is 460 g/mol. The number of carbonyl (C=O) groups is 2. The van der Waals surface area contributed by atoms with Crippen molar-refractivity contribution in [2.45, 2.75) is 68.4 Å². The van der Waals surface area contributed by atoms with Crippen molar-refractivity contribution in [1.29, 1.82) is 0 Å². The molecule has 0 unspecified atom stereocenters. The van der Waals surface area contributed by atoms with Crippen LogP contribution in [-0.2, 0) is 25.8 Å². The maximum atomic E-state index is 13.9. The number of benzene rings is 2. The quantitative estimate of drug-likeness (QED) is 0.579. The van der Waals surface area contributed by atoms with E-state index in [0.29, 0.717) is 51.0 Å². The first-order valence-corrected chi connectivity index (χ1v) is 14.2. The molecule has 188 valence electrons. The fourth-order valence-electron chi connectivity index (χ4n) is 5.44. The number of sulfone groups is 1. The van der Waals surface area contributed by atoms with Gasteiger partial charge in [-0.2, -0.15) is 0 Å². The summed E-state index contributed by atoms with van der Waals surface area (Å²) in [6, 6.07) is 15.5. The molecule has 2 amide bonds. The zero-order chi connectivity index (χ0) is 25.1.